The van der Waals surface area contributed by atoms with E-state index in [1.54, 1.807) is 46.5 Å². The Morgan fingerprint density at radius 2 is 0.713 bits per heavy atom. The fourth-order valence-corrected chi connectivity index (χ4v) is 15.2. The monoisotopic (exact) mass is 1580 g/mol. The van der Waals surface area contributed by atoms with Crippen molar-refractivity contribution in [2.75, 3.05) is 12.5 Å². The number of pyridine rings is 3. The first-order valence-corrected chi connectivity index (χ1v) is 40.2. The zero-order valence-electron chi connectivity index (χ0n) is 61.4. The van der Waals surface area contributed by atoms with Crippen molar-refractivity contribution >= 4 is 109 Å². The van der Waals surface area contributed by atoms with Gasteiger partial charge in [0.2, 0.25) is 9.23 Å². The number of aromatic amines is 1. The molecule has 0 radical (unpaired) electrons. The Balaban J connectivity index is 0.000000123. The molecule has 8 aromatic heterocycles. The summed E-state index contributed by atoms with van der Waals surface area (Å²) in [5, 5.41) is 38.5. The first-order valence-electron chi connectivity index (χ1n) is 36.8. The van der Waals surface area contributed by atoms with Gasteiger partial charge in [-0.05, 0) is 117 Å². The minimum Gasteiger partial charge on any atom is -0.392 e. The smallest absolute Gasteiger partial charge is 0.279 e. The van der Waals surface area contributed by atoms with Crippen LogP contribution in [0.1, 0.15) is 48.2 Å². The molecule has 18 nitrogen and oxygen atoms in total. The molecule has 20 rings (SSSR count). The highest BCUT2D eigenvalue weighted by Gasteiger charge is 2.37. The molecule has 11 heterocycles. The van der Waals surface area contributed by atoms with Gasteiger partial charge in [-0.3, -0.25) is 39.1 Å². The topological polar surface area (TPSA) is 227 Å². The van der Waals surface area contributed by atoms with E-state index in [0.29, 0.717) is 48.1 Å². The maximum atomic E-state index is 14.3. The Bertz CT molecular complexity index is 6280. The van der Waals surface area contributed by atoms with Crippen molar-refractivity contribution in [1.82, 2.24) is 64.3 Å². The van der Waals surface area contributed by atoms with Crippen molar-refractivity contribution < 1.29 is 23.7 Å². The van der Waals surface area contributed by atoms with Crippen molar-refractivity contribution in [3.8, 4) is 67.2 Å². The summed E-state index contributed by atoms with van der Waals surface area (Å²) in [5.41, 5.74) is 23.3. The molecule has 562 valence electrons. The molecule has 0 saturated heterocycles. The van der Waals surface area contributed by atoms with Crippen LogP contribution in [0.5, 0.6) is 0 Å². The standard InChI is InChI=1S/C32H23N5O.C29H20ClN3O.C29H21N3O2.C3H4N2.Cl2OS/c38-32-29(25-14-15-27-24(19-25)13-7-16-33-27)26(21-36-18-8-17-34-36)20-28-30(22-9-3-1-4-10-22)31(35-37(28)32)23-11-5-2-6-12-23;30-18-23-17-25-27(19-8-3-1-4-9-19)28(20-10-5-2-6-11-20)32-33(25)29(34)26(23)22-13-14-24-21(16-22)12-7-15-31-24;33-18-23-17-25-27(19-8-3-1-4-9-19)28(20-10-5-2-6-11-20)31-32(25)29(34)26(23)22-13-14-24-21(16-22)12-7-15-30-24;1-2-4-5-3-1;1-4(2)3/h1-19H,20-21H2;1-16H,17-18H2;1-16,33H,17-18H2;1-3H,(H,4,5);. The molecule has 0 amide bonds. The molecule has 9 aromatic carbocycles. The molecule has 0 atom stereocenters. The van der Waals surface area contributed by atoms with E-state index in [0.717, 1.165) is 145 Å². The fourth-order valence-electron chi connectivity index (χ4n) is 15.0. The molecular weight excluding hydrogens is 1520 g/mol. The lowest BCUT2D eigenvalue weighted by atomic mass is 9.89. The summed E-state index contributed by atoms with van der Waals surface area (Å²) in [6, 6.07) is 93.4. The molecule has 0 fully saturated rings. The van der Waals surface area contributed by atoms with Crippen LogP contribution in [0.2, 0.25) is 0 Å². The molecular formula is C93H68Cl3N13O5S. The molecule has 0 bridgehead atoms. The molecule has 3 aliphatic heterocycles. The average Bonchev–Trinajstić information content (AvgIpc) is 1.64. The largest absolute Gasteiger partial charge is 0.392 e. The lowest BCUT2D eigenvalue weighted by molar-refractivity contribution is 0.0949. The molecule has 17 aromatic rings. The van der Waals surface area contributed by atoms with E-state index in [-0.39, 0.29) is 30.2 Å². The Morgan fingerprint density at radius 3 is 1.03 bits per heavy atom. The Hall–Kier alpha value is -13.5. The number of allylic oxidation sites excluding steroid dienone is 5. The maximum absolute atomic E-state index is 14.3. The molecule has 0 aliphatic carbocycles. The second kappa shape index (κ2) is 34.6. The average molecular weight is 1590 g/mol. The van der Waals surface area contributed by atoms with E-state index in [1.807, 2.05) is 272 Å². The minimum absolute atomic E-state index is 0.129. The van der Waals surface area contributed by atoms with E-state index in [2.05, 4.69) is 75.9 Å². The molecule has 115 heavy (non-hydrogen) atoms. The Morgan fingerprint density at radius 1 is 0.374 bits per heavy atom. The van der Waals surface area contributed by atoms with Crippen LogP contribution in [-0.2, 0) is 35.0 Å². The minimum atomic E-state index is -1.67. The predicted molar refractivity (Wildman–Crippen MR) is 457 cm³/mol. The molecule has 22 heteroatoms. The molecule has 0 unspecified atom stereocenters. The number of fused-ring (bicyclic) bond motifs is 6. The number of alkyl halides is 1. The molecule has 0 saturated carbocycles. The molecule has 0 spiro atoms. The van der Waals surface area contributed by atoms with E-state index in [4.69, 9.17) is 31.1 Å². The number of aliphatic hydroxyl groups is 1. The lowest BCUT2D eigenvalue weighted by Gasteiger charge is -2.22. The number of carbonyl (C=O) groups is 3. The van der Waals surface area contributed by atoms with Gasteiger partial charge in [0.15, 0.2) is 0 Å². The molecule has 2 N–H and O–H groups in total. The maximum Gasteiger partial charge on any atom is 0.279 e. The van der Waals surface area contributed by atoms with E-state index < -0.39 is 9.23 Å². The highest BCUT2D eigenvalue weighted by molar-refractivity contribution is 8.26. The third-order valence-corrected chi connectivity index (χ3v) is 20.4. The first-order chi connectivity index (χ1) is 56.5. The van der Waals surface area contributed by atoms with Gasteiger partial charge < -0.3 is 5.11 Å². The number of rotatable bonds is 13. The van der Waals surface area contributed by atoms with Gasteiger partial charge in [-0.1, -0.05) is 218 Å². The van der Waals surface area contributed by atoms with Gasteiger partial charge in [0.05, 0.1) is 57.9 Å². The van der Waals surface area contributed by atoms with Gasteiger partial charge in [0.1, 0.15) is 17.1 Å². The third-order valence-electron chi connectivity index (χ3n) is 20.0. The van der Waals surface area contributed by atoms with Gasteiger partial charge in [-0.25, -0.2) is 4.21 Å². The van der Waals surface area contributed by atoms with Crippen LogP contribution in [0.4, 0.5) is 0 Å². The summed E-state index contributed by atoms with van der Waals surface area (Å²) in [5.74, 6) is -0.241. The number of hydrogen-bond acceptors (Lipinski definition) is 13. The van der Waals surface area contributed by atoms with Crippen LogP contribution in [0.25, 0.3) is 117 Å². The zero-order chi connectivity index (χ0) is 78.7. The number of aromatic nitrogens is 13. The van der Waals surface area contributed by atoms with Gasteiger partial charge in [-0.2, -0.15) is 39.5 Å². The van der Waals surface area contributed by atoms with Crippen molar-refractivity contribution in [1.29, 1.82) is 0 Å². The first kappa shape index (κ1) is 75.5. The summed E-state index contributed by atoms with van der Waals surface area (Å²) >= 11 is 6.45. The van der Waals surface area contributed by atoms with E-state index in [1.165, 1.54) is 4.68 Å². The van der Waals surface area contributed by atoms with Crippen LogP contribution in [0.3, 0.4) is 0 Å². The number of benzene rings is 9. The summed E-state index contributed by atoms with van der Waals surface area (Å²) < 4.78 is 15.7. The second-order valence-corrected chi connectivity index (χ2v) is 29.8. The number of halogens is 3. The fraction of sp³-hybridized carbons (Fsp3) is 0.0645. The number of nitrogens with zero attached hydrogens (tertiary/aromatic N) is 12. The van der Waals surface area contributed by atoms with Crippen molar-refractivity contribution in [2.45, 2.75) is 25.8 Å². The van der Waals surface area contributed by atoms with Crippen LogP contribution in [-0.4, -0.2) is 104 Å². The Kier molecular flexibility index (Phi) is 22.7. The second-order valence-electron chi connectivity index (χ2n) is 27.0. The van der Waals surface area contributed by atoms with E-state index >= 15 is 0 Å². The van der Waals surface area contributed by atoms with Crippen LogP contribution < -0.4 is 0 Å². The number of carbonyl (C=O) groups excluding carboxylic acids is 3. The highest BCUT2D eigenvalue weighted by Crippen LogP contribution is 2.45. The van der Waals surface area contributed by atoms with Crippen molar-refractivity contribution in [2.24, 2.45) is 0 Å². The molecule has 3 aliphatic rings. The SMILES string of the molecule is O=C1C(c2ccc3ncccc3c2)=C(CCl)Cc2c(-c3ccccc3)c(-c3ccccc3)nn21.O=C1C(c2ccc3ncccc3c2)=C(CO)Cc2c(-c3ccccc3)c(-c3ccccc3)nn21.O=C1C(c2ccc3ncccc3c2)=C(Cn2cccn2)Cc2c(-c3ccccc3)c(-c3ccccc3)nn21.O=S(Cl)Cl.c1cn[nH]c1. The van der Waals surface area contributed by atoms with E-state index in [9.17, 15) is 19.5 Å². The highest BCUT2D eigenvalue weighted by atomic mass is 36.0. The summed E-state index contributed by atoms with van der Waals surface area (Å²) in [7, 11) is 7.36. The van der Waals surface area contributed by atoms with Gasteiger partial charge in [0.25, 0.3) is 17.7 Å². The Labute approximate surface area is 677 Å². The summed E-state index contributed by atoms with van der Waals surface area (Å²) in [4.78, 5) is 55.3. The number of nitrogens with one attached hydrogen (secondary N) is 1. The lowest BCUT2D eigenvalue weighted by Crippen LogP contribution is -2.25. The zero-order valence-corrected chi connectivity index (χ0v) is 64.5. The van der Waals surface area contributed by atoms with Gasteiger partial charge >= 0.3 is 0 Å². The summed E-state index contributed by atoms with van der Waals surface area (Å²) in [6.07, 6.45) is 14.0. The number of aliphatic hydroxyl groups excluding tert-OH is 1. The van der Waals surface area contributed by atoms with Crippen molar-refractivity contribution in [3.05, 3.63) is 379 Å². The van der Waals surface area contributed by atoms with Gasteiger partial charge in [-0.15, -0.1) is 11.6 Å². The summed E-state index contributed by atoms with van der Waals surface area (Å²) in [6.45, 7) is 0.311. The normalized spacial score (nSPS) is 12.9. The van der Waals surface area contributed by atoms with Crippen molar-refractivity contribution in [3.63, 3.8) is 0 Å². The quantitative estimate of drug-likeness (QED) is 0.0810. The van der Waals surface area contributed by atoms with Crippen LogP contribution >= 0.6 is 33.0 Å². The predicted octanol–water partition coefficient (Wildman–Crippen LogP) is 19.8. The van der Waals surface area contributed by atoms with Crippen LogP contribution in [0.15, 0.2) is 345 Å². The van der Waals surface area contributed by atoms with Crippen LogP contribution in [0, 0.1) is 0 Å². The number of hydrogen-bond donors (Lipinski definition) is 2. The third kappa shape index (κ3) is 16.0. The number of H-pyrrole nitrogens is 1. The van der Waals surface area contributed by atoms with Gasteiger partial charge in [0, 0.05) is 145 Å².